The van der Waals surface area contributed by atoms with E-state index in [9.17, 15) is 0 Å². The predicted molar refractivity (Wildman–Crippen MR) is 105 cm³/mol. The molecule has 2 aromatic carbocycles. The lowest BCUT2D eigenvalue weighted by atomic mass is 10.1. The van der Waals surface area contributed by atoms with Crippen LogP contribution in [0, 0.1) is 0 Å². The smallest absolute Gasteiger partial charge is 0.191 e. The molecular formula is C21H27N3O2. The van der Waals surface area contributed by atoms with Crippen LogP contribution in [0.15, 0.2) is 53.5 Å². The number of rotatable bonds is 6. The molecule has 5 heteroatoms. The average molecular weight is 353 g/mol. The molecular weight excluding hydrogens is 326 g/mol. The van der Waals surface area contributed by atoms with Crippen molar-refractivity contribution in [3.05, 3.63) is 59.7 Å². The van der Waals surface area contributed by atoms with E-state index >= 15 is 0 Å². The Morgan fingerprint density at radius 3 is 2.54 bits per heavy atom. The third kappa shape index (κ3) is 4.10. The van der Waals surface area contributed by atoms with Crippen LogP contribution in [0.5, 0.6) is 11.5 Å². The van der Waals surface area contributed by atoms with Crippen LogP contribution in [-0.4, -0.2) is 33.3 Å². The SMILES string of the molecule is CN=C(NC(C)c1cc(OC)ccc1OC)NC1CC1c1ccccc1. The van der Waals surface area contributed by atoms with Crippen molar-refractivity contribution in [3.8, 4) is 11.5 Å². The molecule has 0 aliphatic heterocycles. The molecule has 0 aromatic heterocycles. The minimum absolute atomic E-state index is 0.0279. The molecule has 138 valence electrons. The van der Waals surface area contributed by atoms with Crippen LogP contribution in [0.2, 0.25) is 0 Å². The van der Waals surface area contributed by atoms with Crippen molar-refractivity contribution in [1.29, 1.82) is 0 Å². The van der Waals surface area contributed by atoms with Crippen molar-refractivity contribution in [1.82, 2.24) is 10.6 Å². The predicted octanol–water partition coefficient (Wildman–Crippen LogP) is 3.49. The number of hydrogen-bond acceptors (Lipinski definition) is 3. The average Bonchev–Trinajstić information content (AvgIpc) is 3.46. The molecule has 0 heterocycles. The van der Waals surface area contributed by atoms with Gasteiger partial charge in [-0.2, -0.15) is 0 Å². The van der Waals surface area contributed by atoms with Gasteiger partial charge in [-0.25, -0.2) is 0 Å². The van der Waals surface area contributed by atoms with E-state index in [1.54, 1.807) is 21.3 Å². The van der Waals surface area contributed by atoms with Gasteiger partial charge in [-0.3, -0.25) is 4.99 Å². The van der Waals surface area contributed by atoms with Gasteiger partial charge in [0.15, 0.2) is 5.96 Å². The van der Waals surface area contributed by atoms with E-state index in [0.29, 0.717) is 12.0 Å². The number of nitrogens with one attached hydrogen (secondary N) is 2. The molecule has 2 N–H and O–H groups in total. The molecule has 0 saturated heterocycles. The molecule has 0 radical (unpaired) electrons. The molecule has 3 rings (SSSR count). The van der Waals surface area contributed by atoms with Gasteiger partial charge in [-0.05, 0) is 37.1 Å². The van der Waals surface area contributed by atoms with Gasteiger partial charge in [0.2, 0.25) is 0 Å². The van der Waals surface area contributed by atoms with Crippen molar-refractivity contribution in [2.24, 2.45) is 4.99 Å². The first-order chi connectivity index (χ1) is 12.7. The van der Waals surface area contributed by atoms with Gasteiger partial charge in [0.1, 0.15) is 11.5 Å². The van der Waals surface area contributed by atoms with Crippen molar-refractivity contribution >= 4 is 5.96 Å². The fourth-order valence-electron chi connectivity index (χ4n) is 3.23. The first-order valence-electron chi connectivity index (χ1n) is 8.93. The lowest BCUT2D eigenvalue weighted by Crippen LogP contribution is -2.40. The van der Waals surface area contributed by atoms with Crippen LogP contribution >= 0.6 is 0 Å². The zero-order chi connectivity index (χ0) is 18.5. The summed E-state index contributed by atoms with van der Waals surface area (Å²) in [5.74, 6) is 2.99. The maximum absolute atomic E-state index is 5.49. The second-order valence-electron chi connectivity index (χ2n) is 6.55. The summed E-state index contributed by atoms with van der Waals surface area (Å²) in [4.78, 5) is 4.38. The molecule has 1 aliphatic rings. The molecule has 0 spiro atoms. The third-order valence-corrected chi connectivity index (χ3v) is 4.82. The first-order valence-corrected chi connectivity index (χ1v) is 8.93. The minimum atomic E-state index is 0.0279. The number of methoxy groups -OCH3 is 2. The van der Waals surface area contributed by atoms with Gasteiger partial charge in [0.05, 0.1) is 20.3 Å². The van der Waals surface area contributed by atoms with Gasteiger partial charge >= 0.3 is 0 Å². The summed E-state index contributed by atoms with van der Waals surface area (Å²) in [6.45, 7) is 2.09. The number of ether oxygens (including phenoxy) is 2. The van der Waals surface area contributed by atoms with Gasteiger partial charge in [0.25, 0.3) is 0 Å². The van der Waals surface area contributed by atoms with E-state index in [4.69, 9.17) is 9.47 Å². The normalized spacial score (nSPS) is 20.2. The Morgan fingerprint density at radius 1 is 1.12 bits per heavy atom. The number of aliphatic imine (C=N–C) groups is 1. The topological polar surface area (TPSA) is 54.9 Å². The zero-order valence-electron chi connectivity index (χ0n) is 15.8. The van der Waals surface area contributed by atoms with Crippen molar-refractivity contribution in [3.63, 3.8) is 0 Å². The summed E-state index contributed by atoms with van der Waals surface area (Å²) >= 11 is 0. The van der Waals surface area contributed by atoms with Gasteiger partial charge in [-0.15, -0.1) is 0 Å². The monoisotopic (exact) mass is 353 g/mol. The molecule has 1 saturated carbocycles. The summed E-state index contributed by atoms with van der Waals surface area (Å²) in [7, 11) is 5.14. The Balaban J connectivity index is 1.64. The molecule has 1 fully saturated rings. The lowest BCUT2D eigenvalue weighted by molar-refractivity contribution is 0.394. The Kier molecular flexibility index (Phi) is 5.66. The molecule has 5 nitrogen and oxygen atoms in total. The second kappa shape index (κ2) is 8.13. The number of benzene rings is 2. The van der Waals surface area contributed by atoms with Gasteiger partial charge in [0, 0.05) is 24.6 Å². The Morgan fingerprint density at radius 2 is 1.88 bits per heavy atom. The fraction of sp³-hybridized carbons (Fsp3) is 0.381. The number of guanidine groups is 1. The van der Waals surface area contributed by atoms with Crippen molar-refractivity contribution in [2.75, 3.05) is 21.3 Å². The van der Waals surface area contributed by atoms with Gasteiger partial charge in [-0.1, -0.05) is 30.3 Å². The molecule has 3 unspecified atom stereocenters. The van der Waals surface area contributed by atoms with Crippen molar-refractivity contribution in [2.45, 2.75) is 31.3 Å². The highest BCUT2D eigenvalue weighted by molar-refractivity contribution is 5.81. The van der Waals surface area contributed by atoms with Crippen LogP contribution in [0.3, 0.4) is 0 Å². The zero-order valence-corrected chi connectivity index (χ0v) is 15.8. The number of nitrogens with zero attached hydrogens (tertiary/aromatic N) is 1. The summed E-state index contributed by atoms with van der Waals surface area (Å²) in [5, 5.41) is 6.98. The molecule has 0 amide bonds. The van der Waals surface area contributed by atoms with Crippen LogP contribution in [0.1, 0.15) is 36.4 Å². The molecule has 3 atom stereocenters. The van der Waals surface area contributed by atoms with Crippen LogP contribution < -0.4 is 20.1 Å². The Bertz CT molecular complexity index is 761. The summed E-state index contributed by atoms with van der Waals surface area (Å²) in [6, 6.07) is 16.9. The van der Waals surface area contributed by atoms with Gasteiger partial charge < -0.3 is 20.1 Å². The van der Waals surface area contributed by atoms with E-state index in [2.05, 4.69) is 52.9 Å². The maximum Gasteiger partial charge on any atom is 0.191 e. The highest BCUT2D eigenvalue weighted by atomic mass is 16.5. The van der Waals surface area contributed by atoms with E-state index in [-0.39, 0.29) is 6.04 Å². The summed E-state index contributed by atoms with van der Waals surface area (Å²) < 4.78 is 10.8. The van der Waals surface area contributed by atoms with E-state index in [0.717, 1.165) is 29.4 Å². The first kappa shape index (κ1) is 18.1. The van der Waals surface area contributed by atoms with Crippen LogP contribution in [0.25, 0.3) is 0 Å². The fourth-order valence-corrected chi connectivity index (χ4v) is 3.23. The summed E-state index contributed by atoms with van der Waals surface area (Å²) in [6.07, 6.45) is 1.13. The number of hydrogen-bond donors (Lipinski definition) is 2. The second-order valence-corrected chi connectivity index (χ2v) is 6.55. The molecule has 26 heavy (non-hydrogen) atoms. The van der Waals surface area contributed by atoms with E-state index in [1.807, 2.05) is 18.2 Å². The Hall–Kier alpha value is -2.69. The maximum atomic E-state index is 5.49. The Labute approximate surface area is 155 Å². The lowest BCUT2D eigenvalue weighted by Gasteiger charge is -2.21. The highest BCUT2D eigenvalue weighted by Crippen LogP contribution is 2.40. The highest BCUT2D eigenvalue weighted by Gasteiger charge is 2.39. The molecule has 1 aliphatic carbocycles. The minimum Gasteiger partial charge on any atom is -0.497 e. The molecule has 0 bridgehead atoms. The molecule has 2 aromatic rings. The van der Waals surface area contributed by atoms with Crippen LogP contribution in [-0.2, 0) is 0 Å². The van der Waals surface area contributed by atoms with Crippen molar-refractivity contribution < 1.29 is 9.47 Å². The standard InChI is InChI=1S/C21H27N3O2/c1-14(17-12-16(25-3)10-11-20(17)26-4)23-21(22-2)24-19-13-18(19)15-8-6-5-7-9-15/h5-12,14,18-19H,13H2,1-4H3,(H2,22,23,24). The van der Waals surface area contributed by atoms with E-state index in [1.165, 1.54) is 5.56 Å². The van der Waals surface area contributed by atoms with Crippen LogP contribution in [0.4, 0.5) is 0 Å². The largest absolute Gasteiger partial charge is 0.497 e. The van der Waals surface area contributed by atoms with E-state index < -0.39 is 0 Å². The third-order valence-electron chi connectivity index (χ3n) is 4.82. The summed E-state index contributed by atoms with van der Waals surface area (Å²) in [5.41, 5.74) is 2.41. The quantitative estimate of drug-likeness (QED) is 0.617.